The number of carboxylic acids is 1. The maximum absolute atomic E-state index is 11.1. The summed E-state index contributed by atoms with van der Waals surface area (Å²) in [5.74, 6) is -0.706. The Kier molecular flexibility index (Phi) is 3.84. The lowest BCUT2D eigenvalue weighted by Gasteiger charge is -2.32. The van der Waals surface area contributed by atoms with Gasteiger partial charge in [-0.15, -0.1) is 11.3 Å². The highest BCUT2D eigenvalue weighted by Gasteiger charge is 2.28. The molecular weight excluding hydrogens is 246 g/mol. The Bertz CT molecular complexity index is 380. The largest absolute Gasteiger partial charge is 0.480 e. The number of hydrogen-bond acceptors (Lipinski definition) is 3. The summed E-state index contributed by atoms with van der Waals surface area (Å²) < 4.78 is 0. The van der Waals surface area contributed by atoms with Crippen LogP contribution in [-0.4, -0.2) is 28.6 Å². The summed E-state index contributed by atoms with van der Waals surface area (Å²) in [7, 11) is 0. The summed E-state index contributed by atoms with van der Waals surface area (Å²) in [5.41, 5.74) is 0. The average Bonchev–Trinajstić information content (AvgIpc) is 2.64. The SMILES string of the molecule is O=C(O)C1CCCCN1Cc1cc(Cl)cs1. The number of carboxylic acid groups (broad SMARTS) is 1. The van der Waals surface area contributed by atoms with Gasteiger partial charge in [0.25, 0.3) is 0 Å². The van der Waals surface area contributed by atoms with Gasteiger partial charge in [-0.25, -0.2) is 0 Å². The topological polar surface area (TPSA) is 40.5 Å². The Labute approximate surface area is 104 Å². The van der Waals surface area contributed by atoms with Crippen molar-refractivity contribution in [1.29, 1.82) is 0 Å². The molecule has 1 N–H and O–H groups in total. The van der Waals surface area contributed by atoms with Crippen LogP contribution < -0.4 is 0 Å². The van der Waals surface area contributed by atoms with Crippen LogP contribution >= 0.6 is 22.9 Å². The molecule has 1 atom stereocenters. The smallest absolute Gasteiger partial charge is 0.320 e. The van der Waals surface area contributed by atoms with E-state index in [-0.39, 0.29) is 6.04 Å². The lowest BCUT2D eigenvalue weighted by molar-refractivity contribution is -0.144. The molecule has 1 unspecified atom stereocenters. The van der Waals surface area contributed by atoms with Gasteiger partial charge in [0.05, 0.1) is 5.02 Å². The van der Waals surface area contributed by atoms with E-state index in [2.05, 4.69) is 0 Å². The van der Waals surface area contributed by atoms with Crippen molar-refractivity contribution in [2.45, 2.75) is 31.8 Å². The van der Waals surface area contributed by atoms with Crippen molar-refractivity contribution >= 4 is 28.9 Å². The Balaban J connectivity index is 2.03. The fourth-order valence-corrected chi connectivity index (χ4v) is 3.19. The molecule has 16 heavy (non-hydrogen) atoms. The van der Waals surface area contributed by atoms with E-state index in [0.29, 0.717) is 6.54 Å². The standard InChI is InChI=1S/C11H14ClNO2S/c12-8-5-9(16-7-8)6-13-4-2-1-3-10(13)11(14)15/h5,7,10H,1-4,6H2,(H,14,15). The lowest BCUT2D eigenvalue weighted by Crippen LogP contribution is -2.43. The zero-order chi connectivity index (χ0) is 11.5. The van der Waals surface area contributed by atoms with Crippen LogP contribution in [0.5, 0.6) is 0 Å². The van der Waals surface area contributed by atoms with Crippen molar-refractivity contribution in [1.82, 2.24) is 4.90 Å². The number of hydrogen-bond donors (Lipinski definition) is 1. The van der Waals surface area contributed by atoms with Gasteiger partial charge in [0, 0.05) is 16.8 Å². The first kappa shape index (κ1) is 11.9. The zero-order valence-electron chi connectivity index (χ0n) is 8.86. The van der Waals surface area contributed by atoms with Crippen LogP contribution in [0.1, 0.15) is 24.1 Å². The third-order valence-electron chi connectivity index (χ3n) is 2.88. The van der Waals surface area contributed by atoms with Gasteiger partial charge >= 0.3 is 5.97 Å². The number of rotatable bonds is 3. The maximum Gasteiger partial charge on any atom is 0.320 e. The lowest BCUT2D eigenvalue weighted by atomic mass is 10.0. The monoisotopic (exact) mass is 259 g/mol. The summed E-state index contributed by atoms with van der Waals surface area (Å²) in [6.45, 7) is 1.57. The molecule has 0 amide bonds. The molecule has 0 saturated carbocycles. The summed E-state index contributed by atoms with van der Waals surface area (Å²) >= 11 is 7.44. The molecule has 3 nitrogen and oxygen atoms in total. The Morgan fingerprint density at radius 2 is 2.44 bits per heavy atom. The highest BCUT2D eigenvalue weighted by atomic mass is 35.5. The normalized spacial score (nSPS) is 22.2. The maximum atomic E-state index is 11.1. The summed E-state index contributed by atoms with van der Waals surface area (Å²) in [4.78, 5) is 14.3. The molecular formula is C11H14ClNO2S. The van der Waals surface area contributed by atoms with Crippen molar-refractivity contribution in [3.8, 4) is 0 Å². The van der Waals surface area contributed by atoms with E-state index in [1.807, 2.05) is 16.3 Å². The van der Waals surface area contributed by atoms with Gasteiger partial charge in [-0.3, -0.25) is 9.69 Å². The molecule has 1 aliphatic heterocycles. The quantitative estimate of drug-likeness (QED) is 0.908. The van der Waals surface area contributed by atoms with Crippen LogP contribution in [0.3, 0.4) is 0 Å². The average molecular weight is 260 g/mol. The second kappa shape index (κ2) is 5.17. The van der Waals surface area contributed by atoms with Crippen molar-refractivity contribution < 1.29 is 9.90 Å². The van der Waals surface area contributed by atoms with E-state index in [0.717, 1.165) is 35.7 Å². The second-order valence-electron chi connectivity index (χ2n) is 4.05. The number of piperidine rings is 1. The Hall–Kier alpha value is -0.580. The fraction of sp³-hybridized carbons (Fsp3) is 0.545. The molecule has 0 radical (unpaired) electrons. The molecule has 0 aromatic carbocycles. The van der Waals surface area contributed by atoms with Crippen molar-refractivity contribution in [2.75, 3.05) is 6.54 Å². The van der Waals surface area contributed by atoms with E-state index in [4.69, 9.17) is 16.7 Å². The predicted octanol–water partition coefficient (Wildman–Crippen LogP) is 2.84. The number of aliphatic carboxylic acids is 1. The molecule has 2 rings (SSSR count). The minimum Gasteiger partial charge on any atom is -0.480 e. The zero-order valence-corrected chi connectivity index (χ0v) is 10.4. The predicted molar refractivity (Wildman–Crippen MR) is 65.0 cm³/mol. The minimum absolute atomic E-state index is 0.324. The highest BCUT2D eigenvalue weighted by molar-refractivity contribution is 7.10. The summed E-state index contributed by atoms with van der Waals surface area (Å²) in [6, 6.07) is 1.59. The van der Waals surface area contributed by atoms with E-state index in [1.165, 1.54) is 0 Å². The van der Waals surface area contributed by atoms with Gasteiger partial charge in [-0.2, -0.15) is 0 Å². The first-order chi connectivity index (χ1) is 7.66. The second-order valence-corrected chi connectivity index (χ2v) is 5.48. The molecule has 1 saturated heterocycles. The van der Waals surface area contributed by atoms with Crippen LogP contribution in [0.15, 0.2) is 11.4 Å². The van der Waals surface area contributed by atoms with Gasteiger partial charge in [0.15, 0.2) is 0 Å². The van der Waals surface area contributed by atoms with Crippen LogP contribution in [-0.2, 0) is 11.3 Å². The van der Waals surface area contributed by atoms with Crippen molar-refractivity contribution in [3.63, 3.8) is 0 Å². The molecule has 0 aliphatic carbocycles. The molecule has 5 heteroatoms. The van der Waals surface area contributed by atoms with Crippen molar-refractivity contribution in [3.05, 3.63) is 21.3 Å². The van der Waals surface area contributed by atoms with Gasteiger partial charge in [-0.1, -0.05) is 18.0 Å². The molecule has 1 fully saturated rings. The molecule has 1 aromatic rings. The van der Waals surface area contributed by atoms with Gasteiger partial charge in [0.1, 0.15) is 6.04 Å². The Morgan fingerprint density at radius 1 is 1.62 bits per heavy atom. The third-order valence-corrected chi connectivity index (χ3v) is 4.15. The highest BCUT2D eigenvalue weighted by Crippen LogP contribution is 2.24. The van der Waals surface area contributed by atoms with E-state index < -0.39 is 5.97 Å². The van der Waals surface area contributed by atoms with E-state index >= 15 is 0 Å². The number of halogens is 1. The van der Waals surface area contributed by atoms with E-state index in [9.17, 15) is 4.79 Å². The summed E-state index contributed by atoms with van der Waals surface area (Å²) in [5, 5.41) is 11.8. The van der Waals surface area contributed by atoms with Gasteiger partial charge in [0.2, 0.25) is 0 Å². The molecule has 88 valence electrons. The van der Waals surface area contributed by atoms with Gasteiger partial charge in [-0.05, 0) is 25.5 Å². The minimum atomic E-state index is -0.706. The molecule has 2 heterocycles. The van der Waals surface area contributed by atoms with Crippen LogP contribution in [0, 0.1) is 0 Å². The van der Waals surface area contributed by atoms with E-state index in [1.54, 1.807) is 11.3 Å². The molecule has 1 aromatic heterocycles. The third kappa shape index (κ3) is 2.75. The van der Waals surface area contributed by atoms with Gasteiger partial charge < -0.3 is 5.11 Å². The number of thiophene rings is 1. The fourth-order valence-electron chi connectivity index (χ4n) is 2.10. The molecule has 0 spiro atoms. The number of likely N-dealkylation sites (tertiary alicyclic amines) is 1. The van der Waals surface area contributed by atoms with Crippen LogP contribution in [0.25, 0.3) is 0 Å². The number of nitrogens with zero attached hydrogens (tertiary/aromatic N) is 1. The molecule has 0 bridgehead atoms. The van der Waals surface area contributed by atoms with Crippen LogP contribution in [0.2, 0.25) is 5.02 Å². The number of carbonyl (C=O) groups is 1. The molecule has 1 aliphatic rings. The van der Waals surface area contributed by atoms with Crippen molar-refractivity contribution in [2.24, 2.45) is 0 Å². The Morgan fingerprint density at radius 3 is 3.06 bits per heavy atom. The summed E-state index contributed by atoms with van der Waals surface area (Å²) in [6.07, 6.45) is 2.86. The first-order valence-electron chi connectivity index (χ1n) is 5.36. The first-order valence-corrected chi connectivity index (χ1v) is 6.62. The van der Waals surface area contributed by atoms with Crippen LogP contribution in [0.4, 0.5) is 0 Å².